The van der Waals surface area contributed by atoms with Crippen molar-refractivity contribution in [1.29, 1.82) is 0 Å². The zero-order chi connectivity index (χ0) is 12.7. The van der Waals surface area contributed by atoms with Crippen molar-refractivity contribution >= 4 is 34.9 Å². The van der Waals surface area contributed by atoms with Crippen LogP contribution in [0.2, 0.25) is 5.02 Å². The zero-order valence-electron chi connectivity index (χ0n) is 8.98. The van der Waals surface area contributed by atoms with Crippen LogP contribution in [0, 0.1) is 4.77 Å². The molecule has 2 aromatic heterocycles. The lowest BCUT2D eigenvalue weighted by molar-refractivity contribution is 0.893. The van der Waals surface area contributed by atoms with Crippen molar-refractivity contribution in [3.63, 3.8) is 0 Å². The number of hydrogen-bond acceptors (Lipinski definition) is 3. The Kier molecular flexibility index (Phi) is 2.53. The molecule has 2 N–H and O–H groups in total. The van der Waals surface area contributed by atoms with Gasteiger partial charge in [0.2, 0.25) is 0 Å². The summed E-state index contributed by atoms with van der Waals surface area (Å²) < 4.78 is 1.87. The molecule has 18 heavy (non-hydrogen) atoms. The predicted molar refractivity (Wildman–Crippen MR) is 71.9 cm³/mol. The van der Waals surface area contributed by atoms with Crippen LogP contribution in [0.15, 0.2) is 35.3 Å². The van der Waals surface area contributed by atoms with E-state index in [9.17, 15) is 4.79 Å². The SMILES string of the molecule is O=c1[nH]c(=S)[nH]c2c1cnn2-c1ccc(Cl)cc1. The minimum atomic E-state index is -0.256. The molecule has 0 aliphatic rings. The average Bonchev–Trinajstić information content (AvgIpc) is 2.74. The fourth-order valence-electron chi connectivity index (χ4n) is 1.72. The smallest absolute Gasteiger partial charge is 0.262 e. The Morgan fingerprint density at radius 1 is 1.22 bits per heavy atom. The van der Waals surface area contributed by atoms with Crippen molar-refractivity contribution in [3.05, 3.63) is 50.6 Å². The second-order valence-electron chi connectivity index (χ2n) is 3.70. The summed E-state index contributed by atoms with van der Waals surface area (Å²) in [4.78, 5) is 17.1. The minimum Gasteiger partial charge on any atom is -0.316 e. The van der Waals surface area contributed by atoms with Crippen LogP contribution < -0.4 is 5.56 Å². The lowest BCUT2D eigenvalue weighted by Gasteiger charge is -2.02. The normalized spacial score (nSPS) is 10.9. The van der Waals surface area contributed by atoms with E-state index in [4.69, 9.17) is 23.8 Å². The number of fused-ring (bicyclic) bond motifs is 1. The van der Waals surface area contributed by atoms with E-state index in [-0.39, 0.29) is 10.3 Å². The Bertz CT molecular complexity index is 831. The van der Waals surface area contributed by atoms with Crippen LogP contribution in [0.1, 0.15) is 0 Å². The van der Waals surface area contributed by atoms with Gasteiger partial charge in [-0.1, -0.05) is 11.6 Å². The summed E-state index contributed by atoms with van der Waals surface area (Å²) in [6.45, 7) is 0. The van der Waals surface area contributed by atoms with E-state index in [2.05, 4.69) is 15.1 Å². The van der Waals surface area contributed by atoms with E-state index in [1.807, 2.05) is 12.1 Å². The second kappa shape index (κ2) is 4.08. The third kappa shape index (κ3) is 1.75. The zero-order valence-corrected chi connectivity index (χ0v) is 10.5. The molecule has 0 bridgehead atoms. The molecule has 0 radical (unpaired) electrons. The number of rotatable bonds is 1. The molecule has 0 saturated heterocycles. The highest BCUT2D eigenvalue weighted by atomic mass is 35.5. The summed E-state index contributed by atoms with van der Waals surface area (Å²) in [7, 11) is 0. The predicted octanol–water partition coefficient (Wildman–Crippen LogP) is 2.42. The Balaban J connectivity index is 2.33. The first-order valence-electron chi connectivity index (χ1n) is 5.11. The highest BCUT2D eigenvalue weighted by molar-refractivity contribution is 7.71. The quantitative estimate of drug-likeness (QED) is 0.672. The molecule has 1 aromatic carbocycles. The molecule has 0 saturated carbocycles. The Hall–Kier alpha value is -1.92. The van der Waals surface area contributed by atoms with Crippen molar-refractivity contribution in [3.8, 4) is 5.69 Å². The van der Waals surface area contributed by atoms with Gasteiger partial charge in [-0.25, -0.2) is 4.68 Å². The van der Waals surface area contributed by atoms with Gasteiger partial charge in [0.15, 0.2) is 4.77 Å². The molecule has 0 aliphatic heterocycles. The molecule has 3 aromatic rings. The van der Waals surface area contributed by atoms with Gasteiger partial charge in [0, 0.05) is 5.02 Å². The monoisotopic (exact) mass is 278 g/mol. The number of aromatic amines is 2. The molecule has 2 heterocycles. The van der Waals surface area contributed by atoms with Crippen LogP contribution >= 0.6 is 23.8 Å². The molecular formula is C11H7ClN4OS. The summed E-state index contributed by atoms with van der Waals surface area (Å²) in [5, 5.41) is 5.27. The van der Waals surface area contributed by atoms with Crippen LogP contribution in [0.5, 0.6) is 0 Å². The number of nitrogens with zero attached hydrogens (tertiary/aromatic N) is 2. The van der Waals surface area contributed by atoms with E-state index in [0.29, 0.717) is 16.1 Å². The van der Waals surface area contributed by atoms with Gasteiger partial charge >= 0.3 is 0 Å². The minimum absolute atomic E-state index is 0.256. The van der Waals surface area contributed by atoms with Crippen LogP contribution in [-0.4, -0.2) is 19.7 Å². The number of aromatic nitrogens is 4. The van der Waals surface area contributed by atoms with Crippen LogP contribution in [0.25, 0.3) is 16.7 Å². The maximum atomic E-state index is 11.7. The van der Waals surface area contributed by atoms with Gasteiger partial charge in [-0.3, -0.25) is 9.78 Å². The summed E-state index contributed by atoms with van der Waals surface area (Å²) in [5.41, 5.74) is 1.10. The average molecular weight is 279 g/mol. The second-order valence-corrected chi connectivity index (χ2v) is 4.55. The van der Waals surface area contributed by atoms with E-state index in [1.54, 1.807) is 16.8 Å². The Morgan fingerprint density at radius 3 is 2.67 bits per heavy atom. The van der Waals surface area contributed by atoms with Crippen molar-refractivity contribution in [2.24, 2.45) is 0 Å². The van der Waals surface area contributed by atoms with Gasteiger partial charge in [-0.2, -0.15) is 5.10 Å². The maximum absolute atomic E-state index is 11.7. The van der Waals surface area contributed by atoms with Gasteiger partial charge in [0.1, 0.15) is 11.0 Å². The topological polar surface area (TPSA) is 66.5 Å². The number of benzene rings is 1. The Labute approximate surface area is 111 Å². The number of halogens is 1. The largest absolute Gasteiger partial charge is 0.316 e. The molecule has 90 valence electrons. The van der Waals surface area contributed by atoms with Crippen molar-refractivity contribution in [2.45, 2.75) is 0 Å². The Morgan fingerprint density at radius 2 is 1.94 bits per heavy atom. The summed E-state index contributed by atoms with van der Waals surface area (Å²) in [6.07, 6.45) is 1.49. The van der Waals surface area contributed by atoms with Gasteiger partial charge in [-0.05, 0) is 36.5 Å². The lowest BCUT2D eigenvalue weighted by Crippen LogP contribution is -2.08. The number of hydrogen-bond donors (Lipinski definition) is 2. The molecule has 3 rings (SSSR count). The van der Waals surface area contributed by atoms with Crippen LogP contribution in [-0.2, 0) is 0 Å². The highest BCUT2D eigenvalue weighted by Crippen LogP contribution is 2.16. The third-order valence-corrected chi connectivity index (χ3v) is 3.00. The van der Waals surface area contributed by atoms with Gasteiger partial charge in [0.05, 0.1) is 11.9 Å². The van der Waals surface area contributed by atoms with Crippen molar-refractivity contribution < 1.29 is 0 Å². The van der Waals surface area contributed by atoms with Gasteiger partial charge in [-0.15, -0.1) is 0 Å². The fraction of sp³-hybridized carbons (Fsp3) is 0. The van der Waals surface area contributed by atoms with Crippen LogP contribution in [0.3, 0.4) is 0 Å². The first-order chi connectivity index (χ1) is 8.65. The number of nitrogens with one attached hydrogen (secondary N) is 2. The van der Waals surface area contributed by atoms with Gasteiger partial charge < -0.3 is 4.98 Å². The maximum Gasteiger partial charge on any atom is 0.262 e. The van der Waals surface area contributed by atoms with E-state index in [0.717, 1.165) is 5.69 Å². The van der Waals surface area contributed by atoms with E-state index in [1.165, 1.54) is 6.20 Å². The van der Waals surface area contributed by atoms with Gasteiger partial charge in [0.25, 0.3) is 5.56 Å². The van der Waals surface area contributed by atoms with Crippen molar-refractivity contribution in [1.82, 2.24) is 19.7 Å². The first-order valence-corrected chi connectivity index (χ1v) is 5.90. The first kappa shape index (κ1) is 11.2. The molecule has 0 fully saturated rings. The summed E-state index contributed by atoms with van der Waals surface area (Å²) >= 11 is 10.8. The molecule has 0 atom stereocenters. The lowest BCUT2D eigenvalue weighted by atomic mass is 10.3. The molecule has 0 spiro atoms. The molecule has 0 aliphatic carbocycles. The standard InChI is InChI=1S/C11H7ClN4OS/c12-6-1-3-7(4-2-6)16-9-8(5-13-16)10(17)15-11(18)14-9/h1-5H,(H2,14,15,17,18). The molecular weight excluding hydrogens is 272 g/mol. The number of H-pyrrole nitrogens is 2. The third-order valence-electron chi connectivity index (χ3n) is 2.54. The molecule has 0 amide bonds. The highest BCUT2D eigenvalue weighted by Gasteiger charge is 2.08. The van der Waals surface area contributed by atoms with Crippen LogP contribution in [0.4, 0.5) is 0 Å². The van der Waals surface area contributed by atoms with E-state index >= 15 is 0 Å². The fourth-order valence-corrected chi connectivity index (χ4v) is 2.04. The molecule has 5 nitrogen and oxygen atoms in total. The summed E-state index contributed by atoms with van der Waals surface area (Å²) in [6, 6.07) is 7.14. The van der Waals surface area contributed by atoms with Crippen molar-refractivity contribution in [2.75, 3.05) is 0 Å². The molecule has 7 heteroatoms. The summed E-state index contributed by atoms with van der Waals surface area (Å²) in [5.74, 6) is 0. The van der Waals surface area contributed by atoms with E-state index < -0.39 is 0 Å². The molecule has 0 unspecified atom stereocenters.